The summed E-state index contributed by atoms with van der Waals surface area (Å²) >= 11 is 0. The molecular formula is C15H21N3O3. The molecule has 1 fully saturated rings. The van der Waals surface area contributed by atoms with E-state index in [1.807, 2.05) is 13.8 Å². The SMILES string of the molecule is CC(C)C1C(=O)N(C)CCN1C(=O)c1cc(O)ccc1N. The second-order valence-corrected chi connectivity index (χ2v) is 5.72. The summed E-state index contributed by atoms with van der Waals surface area (Å²) in [6.45, 7) is 4.77. The summed E-state index contributed by atoms with van der Waals surface area (Å²) in [6, 6.07) is 3.77. The smallest absolute Gasteiger partial charge is 0.256 e. The molecule has 0 radical (unpaired) electrons. The maximum Gasteiger partial charge on any atom is 0.256 e. The Labute approximate surface area is 124 Å². The van der Waals surface area contributed by atoms with Gasteiger partial charge in [-0.25, -0.2) is 0 Å². The lowest BCUT2D eigenvalue weighted by Gasteiger charge is -2.41. The van der Waals surface area contributed by atoms with Gasteiger partial charge in [0.25, 0.3) is 5.91 Å². The largest absolute Gasteiger partial charge is 0.508 e. The summed E-state index contributed by atoms with van der Waals surface area (Å²) in [7, 11) is 1.74. The second kappa shape index (κ2) is 5.63. The van der Waals surface area contributed by atoms with Crippen molar-refractivity contribution < 1.29 is 14.7 Å². The van der Waals surface area contributed by atoms with Gasteiger partial charge < -0.3 is 20.6 Å². The van der Waals surface area contributed by atoms with E-state index >= 15 is 0 Å². The van der Waals surface area contributed by atoms with Gasteiger partial charge in [-0.05, 0) is 24.1 Å². The molecule has 1 aromatic carbocycles. The molecule has 1 saturated heterocycles. The average Bonchev–Trinajstić information content (AvgIpc) is 2.43. The first-order valence-corrected chi connectivity index (χ1v) is 6.97. The Morgan fingerprint density at radius 2 is 2.05 bits per heavy atom. The molecule has 6 nitrogen and oxygen atoms in total. The van der Waals surface area contributed by atoms with Gasteiger partial charge in [-0.1, -0.05) is 13.8 Å². The van der Waals surface area contributed by atoms with Crippen molar-refractivity contribution in [1.29, 1.82) is 0 Å². The van der Waals surface area contributed by atoms with E-state index in [0.717, 1.165) is 0 Å². The van der Waals surface area contributed by atoms with Gasteiger partial charge in [0.1, 0.15) is 11.8 Å². The first-order chi connectivity index (χ1) is 9.82. The van der Waals surface area contributed by atoms with E-state index in [9.17, 15) is 14.7 Å². The predicted molar refractivity (Wildman–Crippen MR) is 79.8 cm³/mol. The fourth-order valence-electron chi connectivity index (χ4n) is 2.62. The number of amides is 2. The zero-order chi connectivity index (χ0) is 15.7. The van der Waals surface area contributed by atoms with E-state index < -0.39 is 6.04 Å². The molecule has 21 heavy (non-hydrogen) atoms. The van der Waals surface area contributed by atoms with Crippen LogP contribution in [0.1, 0.15) is 24.2 Å². The number of rotatable bonds is 2. The van der Waals surface area contributed by atoms with Gasteiger partial charge >= 0.3 is 0 Å². The van der Waals surface area contributed by atoms with Crippen LogP contribution in [0.25, 0.3) is 0 Å². The number of aromatic hydroxyl groups is 1. The van der Waals surface area contributed by atoms with Crippen molar-refractivity contribution in [2.45, 2.75) is 19.9 Å². The van der Waals surface area contributed by atoms with Crippen molar-refractivity contribution in [2.75, 3.05) is 25.9 Å². The van der Waals surface area contributed by atoms with Crippen LogP contribution in [-0.4, -0.2) is 52.9 Å². The third kappa shape index (κ3) is 2.79. The van der Waals surface area contributed by atoms with Crippen LogP contribution in [0.2, 0.25) is 0 Å². The lowest BCUT2D eigenvalue weighted by Crippen LogP contribution is -2.59. The van der Waals surface area contributed by atoms with Crippen molar-refractivity contribution in [3.8, 4) is 5.75 Å². The number of anilines is 1. The van der Waals surface area contributed by atoms with Crippen LogP contribution >= 0.6 is 0 Å². The predicted octanol–water partition coefficient (Wildman–Crippen LogP) is 0.913. The zero-order valence-electron chi connectivity index (χ0n) is 12.5. The third-order valence-corrected chi connectivity index (χ3v) is 3.80. The molecule has 1 unspecified atom stereocenters. The fraction of sp³-hybridized carbons (Fsp3) is 0.467. The highest BCUT2D eigenvalue weighted by molar-refractivity contribution is 6.02. The van der Waals surface area contributed by atoms with Crippen molar-refractivity contribution in [2.24, 2.45) is 5.92 Å². The Balaban J connectivity index is 2.36. The molecule has 2 amide bonds. The van der Waals surface area contributed by atoms with Crippen LogP contribution in [-0.2, 0) is 4.79 Å². The maximum atomic E-state index is 12.7. The highest BCUT2D eigenvalue weighted by Gasteiger charge is 2.38. The Bertz CT molecular complexity index is 571. The summed E-state index contributed by atoms with van der Waals surface area (Å²) in [4.78, 5) is 28.2. The number of likely N-dealkylation sites (N-methyl/N-ethyl adjacent to an activating group) is 1. The Morgan fingerprint density at radius 1 is 1.38 bits per heavy atom. The highest BCUT2D eigenvalue weighted by Crippen LogP contribution is 2.25. The fourth-order valence-corrected chi connectivity index (χ4v) is 2.62. The molecule has 6 heteroatoms. The standard InChI is InChI=1S/C15H21N3O3/c1-9(2)13-15(21)17(3)6-7-18(13)14(20)11-8-10(19)4-5-12(11)16/h4-5,8-9,13,19H,6-7,16H2,1-3H3. The van der Waals surface area contributed by atoms with Gasteiger partial charge in [-0.3, -0.25) is 9.59 Å². The van der Waals surface area contributed by atoms with Gasteiger partial charge in [-0.2, -0.15) is 0 Å². The molecule has 0 aliphatic carbocycles. The van der Waals surface area contributed by atoms with Gasteiger partial charge in [0.15, 0.2) is 0 Å². The van der Waals surface area contributed by atoms with Crippen molar-refractivity contribution >= 4 is 17.5 Å². The van der Waals surface area contributed by atoms with Gasteiger partial charge in [0.2, 0.25) is 5.91 Å². The summed E-state index contributed by atoms with van der Waals surface area (Å²) in [5.74, 6) is -0.399. The Hall–Kier alpha value is -2.24. The van der Waals surface area contributed by atoms with Crippen LogP contribution in [0, 0.1) is 5.92 Å². The number of nitrogens with two attached hydrogens (primary N) is 1. The number of carbonyl (C=O) groups excluding carboxylic acids is 2. The van der Waals surface area contributed by atoms with Crippen LogP contribution < -0.4 is 5.73 Å². The molecule has 2 rings (SSSR count). The van der Waals surface area contributed by atoms with Crippen LogP contribution in [0.5, 0.6) is 5.75 Å². The molecular weight excluding hydrogens is 270 g/mol. The molecule has 1 heterocycles. The van der Waals surface area contributed by atoms with E-state index in [4.69, 9.17) is 5.73 Å². The molecule has 0 bridgehead atoms. The van der Waals surface area contributed by atoms with E-state index in [0.29, 0.717) is 18.8 Å². The molecule has 3 N–H and O–H groups in total. The molecule has 0 spiro atoms. The zero-order valence-corrected chi connectivity index (χ0v) is 12.5. The number of nitrogens with zero attached hydrogens (tertiary/aromatic N) is 2. The van der Waals surface area contributed by atoms with Crippen molar-refractivity contribution in [3.63, 3.8) is 0 Å². The third-order valence-electron chi connectivity index (χ3n) is 3.80. The second-order valence-electron chi connectivity index (χ2n) is 5.72. The number of nitrogen functional groups attached to an aromatic ring is 1. The van der Waals surface area contributed by atoms with Gasteiger partial charge in [0.05, 0.1) is 5.56 Å². The summed E-state index contributed by atoms with van der Waals surface area (Å²) in [5, 5.41) is 9.55. The average molecular weight is 291 g/mol. The normalized spacial score (nSPS) is 19.2. The van der Waals surface area contributed by atoms with Crippen LogP contribution in [0.3, 0.4) is 0 Å². The van der Waals surface area contributed by atoms with E-state index in [2.05, 4.69) is 0 Å². The summed E-state index contributed by atoms with van der Waals surface area (Å²) in [6.07, 6.45) is 0. The quantitative estimate of drug-likeness (QED) is 0.626. The number of hydrogen-bond acceptors (Lipinski definition) is 4. The molecule has 1 aliphatic heterocycles. The first kappa shape index (κ1) is 15.2. The molecule has 0 aromatic heterocycles. The molecule has 0 saturated carbocycles. The van der Waals surface area contributed by atoms with Crippen LogP contribution in [0.15, 0.2) is 18.2 Å². The van der Waals surface area contributed by atoms with Gasteiger partial charge in [0, 0.05) is 25.8 Å². The van der Waals surface area contributed by atoms with Crippen molar-refractivity contribution in [1.82, 2.24) is 9.80 Å². The number of carbonyl (C=O) groups is 2. The number of phenols is 1. The minimum absolute atomic E-state index is 0.00253. The Kier molecular flexibility index (Phi) is 4.06. The number of hydrogen-bond donors (Lipinski definition) is 2. The minimum atomic E-state index is -0.502. The molecule has 114 valence electrons. The number of piperazine rings is 1. The molecule has 1 aromatic rings. The number of phenolic OH excluding ortho intramolecular Hbond substituents is 1. The van der Waals surface area contributed by atoms with Crippen LogP contribution in [0.4, 0.5) is 5.69 Å². The maximum absolute atomic E-state index is 12.7. The number of benzene rings is 1. The molecule has 1 atom stereocenters. The minimum Gasteiger partial charge on any atom is -0.508 e. The summed E-state index contributed by atoms with van der Waals surface area (Å²) in [5.41, 5.74) is 6.36. The van der Waals surface area contributed by atoms with E-state index in [1.54, 1.807) is 16.8 Å². The Morgan fingerprint density at radius 3 is 2.67 bits per heavy atom. The highest BCUT2D eigenvalue weighted by atomic mass is 16.3. The monoisotopic (exact) mass is 291 g/mol. The van der Waals surface area contributed by atoms with Crippen molar-refractivity contribution in [3.05, 3.63) is 23.8 Å². The summed E-state index contributed by atoms with van der Waals surface area (Å²) < 4.78 is 0. The topological polar surface area (TPSA) is 86.9 Å². The van der Waals surface area contributed by atoms with Gasteiger partial charge in [-0.15, -0.1) is 0 Å². The van der Waals surface area contributed by atoms with E-state index in [-0.39, 0.29) is 29.0 Å². The molecule has 1 aliphatic rings. The first-order valence-electron chi connectivity index (χ1n) is 6.97. The van der Waals surface area contributed by atoms with E-state index in [1.165, 1.54) is 18.2 Å². The lowest BCUT2D eigenvalue weighted by molar-refractivity contribution is -0.140. The lowest BCUT2D eigenvalue weighted by atomic mass is 9.97.